The van der Waals surface area contributed by atoms with Gasteiger partial charge >= 0.3 is 0 Å². The lowest BCUT2D eigenvalue weighted by Crippen LogP contribution is -2.12. The van der Waals surface area contributed by atoms with E-state index in [1.54, 1.807) is 0 Å². The van der Waals surface area contributed by atoms with E-state index in [2.05, 4.69) is 195 Å². The molecular formula is C55H37NO2. The van der Waals surface area contributed by atoms with Crippen LogP contribution in [0.2, 0.25) is 0 Å². The van der Waals surface area contributed by atoms with Crippen molar-refractivity contribution in [2.24, 2.45) is 0 Å². The smallest absolute Gasteiger partial charge is 0.159 e. The third kappa shape index (κ3) is 4.93. The molecule has 0 saturated heterocycles. The van der Waals surface area contributed by atoms with Crippen molar-refractivity contribution in [2.45, 2.75) is 19.8 Å². The lowest BCUT2D eigenvalue weighted by molar-refractivity contribution is 0.669. The highest BCUT2D eigenvalue weighted by Gasteiger charge is 2.25. The average Bonchev–Trinajstić information content (AvgIpc) is 3.82. The zero-order valence-electron chi connectivity index (χ0n) is 32.2. The van der Waals surface area contributed by atoms with Crippen LogP contribution in [-0.4, -0.2) is 0 Å². The van der Waals surface area contributed by atoms with Gasteiger partial charge in [0.25, 0.3) is 0 Å². The Bertz CT molecular complexity index is 3550. The van der Waals surface area contributed by atoms with Gasteiger partial charge in [0, 0.05) is 38.0 Å². The van der Waals surface area contributed by atoms with E-state index in [0.717, 1.165) is 77.3 Å². The maximum Gasteiger partial charge on any atom is 0.159 e. The molecule has 0 amide bonds. The number of nitrogens with zero attached hydrogens (tertiary/aromatic N) is 1. The van der Waals surface area contributed by atoms with Crippen molar-refractivity contribution >= 4 is 104 Å². The van der Waals surface area contributed by atoms with Crippen molar-refractivity contribution in [2.75, 3.05) is 4.90 Å². The minimum absolute atomic E-state index is 0.422. The van der Waals surface area contributed by atoms with E-state index in [1.165, 1.54) is 43.4 Å². The number of fused-ring (bicyclic) bond motifs is 10. The molecule has 3 nitrogen and oxygen atoms in total. The topological polar surface area (TPSA) is 29.5 Å². The van der Waals surface area contributed by atoms with Crippen LogP contribution in [0.1, 0.15) is 25.3 Å². The Balaban J connectivity index is 1.13. The summed E-state index contributed by atoms with van der Waals surface area (Å²) in [5.41, 5.74) is 10.4. The second kappa shape index (κ2) is 12.6. The van der Waals surface area contributed by atoms with Gasteiger partial charge in [0.1, 0.15) is 16.7 Å². The molecule has 0 aliphatic heterocycles. The maximum absolute atomic E-state index is 6.75. The molecule has 58 heavy (non-hydrogen) atoms. The van der Waals surface area contributed by atoms with Crippen LogP contribution in [0.25, 0.3) is 98.1 Å². The number of anilines is 3. The Morgan fingerprint density at radius 2 is 0.983 bits per heavy atom. The van der Waals surface area contributed by atoms with E-state index in [1.807, 2.05) is 6.07 Å². The van der Waals surface area contributed by atoms with Gasteiger partial charge in [0.2, 0.25) is 0 Å². The zero-order chi connectivity index (χ0) is 38.5. The predicted molar refractivity (Wildman–Crippen MR) is 245 cm³/mol. The van der Waals surface area contributed by atoms with Gasteiger partial charge in [-0.25, -0.2) is 0 Å². The van der Waals surface area contributed by atoms with Gasteiger partial charge in [-0.15, -0.1) is 0 Å². The summed E-state index contributed by atoms with van der Waals surface area (Å²) in [7, 11) is 0. The lowest BCUT2D eigenvalue weighted by Gasteiger charge is -2.29. The molecule has 0 aliphatic carbocycles. The van der Waals surface area contributed by atoms with Gasteiger partial charge in [0.15, 0.2) is 5.58 Å². The fourth-order valence-electron chi connectivity index (χ4n) is 9.33. The predicted octanol–water partition coefficient (Wildman–Crippen LogP) is 16.4. The number of para-hydroxylation sites is 2. The fourth-order valence-corrected chi connectivity index (χ4v) is 9.33. The molecule has 0 unspecified atom stereocenters. The molecular weight excluding hydrogens is 707 g/mol. The Morgan fingerprint density at radius 1 is 0.397 bits per heavy atom. The first-order valence-corrected chi connectivity index (χ1v) is 20.1. The SMILES string of the molecule is CC(C)c1ccc(N(c2c3ccccc3c(-c3ccc4oc5cc6cc7ccccc7cc6cc5c4c3)c3ccccc23)c2cccc3c2oc2ccccc23)cc1. The van der Waals surface area contributed by atoms with Gasteiger partial charge < -0.3 is 13.7 Å². The molecule has 0 radical (unpaired) electrons. The molecule has 12 aromatic rings. The van der Waals surface area contributed by atoms with Gasteiger partial charge in [-0.3, -0.25) is 0 Å². The molecule has 2 aromatic heterocycles. The summed E-state index contributed by atoms with van der Waals surface area (Å²) in [6.45, 7) is 4.49. The second-order valence-corrected chi connectivity index (χ2v) is 15.9. The Kier molecular flexibility index (Phi) is 7.12. The van der Waals surface area contributed by atoms with Crippen molar-refractivity contribution in [1.82, 2.24) is 0 Å². The molecule has 12 rings (SSSR count). The highest BCUT2D eigenvalue weighted by molar-refractivity contribution is 6.24. The Labute approximate surface area is 334 Å². The van der Waals surface area contributed by atoms with Gasteiger partial charge in [0.05, 0.1) is 11.4 Å². The molecule has 0 bridgehead atoms. The van der Waals surface area contributed by atoms with Crippen LogP contribution in [0.3, 0.4) is 0 Å². The van der Waals surface area contributed by atoms with Crippen LogP contribution in [0.15, 0.2) is 191 Å². The summed E-state index contributed by atoms with van der Waals surface area (Å²) in [5.74, 6) is 0.422. The quantitative estimate of drug-likeness (QED) is 0.164. The number of benzene rings is 10. The van der Waals surface area contributed by atoms with E-state index in [-0.39, 0.29) is 0 Å². The van der Waals surface area contributed by atoms with Crippen LogP contribution in [-0.2, 0) is 0 Å². The van der Waals surface area contributed by atoms with Crippen molar-refractivity contribution in [1.29, 1.82) is 0 Å². The van der Waals surface area contributed by atoms with Crippen LogP contribution < -0.4 is 4.90 Å². The monoisotopic (exact) mass is 743 g/mol. The first-order chi connectivity index (χ1) is 28.6. The third-order valence-electron chi connectivity index (χ3n) is 12.2. The molecule has 0 spiro atoms. The van der Waals surface area contributed by atoms with Gasteiger partial charge in [-0.05, 0) is 116 Å². The van der Waals surface area contributed by atoms with Crippen molar-refractivity contribution < 1.29 is 8.83 Å². The first kappa shape index (κ1) is 32.8. The van der Waals surface area contributed by atoms with Crippen LogP contribution in [0, 0.1) is 0 Å². The molecule has 0 N–H and O–H groups in total. The van der Waals surface area contributed by atoms with Crippen LogP contribution in [0.4, 0.5) is 17.1 Å². The largest absolute Gasteiger partial charge is 0.456 e. The third-order valence-corrected chi connectivity index (χ3v) is 12.2. The molecule has 0 fully saturated rings. The lowest BCUT2D eigenvalue weighted by atomic mass is 9.89. The van der Waals surface area contributed by atoms with Crippen LogP contribution in [0.5, 0.6) is 0 Å². The Morgan fingerprint density at radius 3 is 1.69 bits per heavy atom. The highest BCUT2D eigenvalue weighted by atomic mass is 16.3. The van der Waals surface area contributed by atoms with E-state index < -0.39 is 0 Å². The van der Waals surface area contributed by atoms with Gasteiger partial charge in [-0.2, -0.15) is 0 Å². The van der Waals surface area contributed by atoms with Crippen molar-refractivity contribution in [3.05, 3.63) is 188 Å². The summed E-state index contributed by atoms with van der Waals surface area (Å²) in [6, 6.07) is 66.0. The zero-order valence-corrected chi connectivity index (χ0v) is 32.2. The minimum Gasteiger partial charge on any atom is -0.456 e. The summed E-state index contributed by atoms with van der Waals surface area (Å²) in [4.78, 5) is 2.42. The number of furan rings is 2. The van der Waals surface area contributed by atoms with Crippen LogP contribution >= 0.6 is 0 Å². The summed E-state index contributed by atoms with van der Waals surface area (Å²) < 4.78 is 13.3. The molecule has 0 aliphatic rings. The summed E-state index contributed by atoms with van der Waals surface area (Å²) in [6.07, 6.45) is 0. The summed E-state index contributed by atoms with van der Waals surface area (Å²) in [5, 5.41) is 14.0. The first-order valence-electron chi connectivity index (χ1n) is 20.1. The Hall–Kier alpha value is -7.36. The molecule has 10 aromatic carbocycles. The second-order valence-electron chi connectivity index (χ2n) is 15.9. The number of hydrogen-bond donors (Lipinski definition) is 0. The molecule has 2 heterocycles. The molecule has 274 valence electrons. The maximum atomic E-state index is 6.75. The molecule has 3 heteroatoms. The fraction of sp³-hybridized carbons (Fsp3) is 0.0545. The molecule has 0 saturated carbocycles. The average molecular weight is 744 g/mol. The van der Waals surface area contributed by atoms with Crippen molar-refractivity contribution in [3.8, 4) is 11.1 Å². The highest BCUT2D eigenvalue weighted by Crippen LogP contribution is 2.50. The normalized spacial score (nSPS) is 12.1. The molecule has 0 atom stereocenters. The summed E-state index contributed by atoms with van der Waals surface area (Å²) >= 11 is 0. The van der Waals surface area contributed by atoms with Gasteiger partial charge in [-0.1, -0.05) is 135 Å². The van der Waals surface area contributed by atoms with E-state index in [4.69, 9.17) is 8.83 Å². The van der Waals surface area contributed by atoms with E-state index in [9.17, 15) is 0 Å². The number of rotatable bonds is 5. The van der Waals surface area contributed by atoms with E-state index >= 15 is 0 Å². The van der Waals surface area contributed by atoms with E-state index in [0.29, 0.717) is 5.92 Å². The minimum atomic E-state index is 0.422. The number of hydrogen-bond acceptors (Lipinski definition) is 3. The van der Waals surface area contributed by atoms with Crippen molar-refractivity contribution in [3.63, 3.8) is 0 Å². The standard InChI is InChI=1S/C55H37NO2/c1-33(2)34-22-25-40(26-23-34)56(49-20-11-19-46-41-14-9-10-21-50(41)58-55(46)49)54-44-17-7-5-15-42(44)53(43-16-6-8-18-45(43)54)37-24-27-51-47(30-37)48-31-38-28-35-12-3-4-13-36(35)29-39(38)32-52(48)57-51/h3-33H,1-2H3.